The Morgan fingerprint density at radius 2 is 1.86 bits per heavy atom. The second kappa shape index (κ2) is 4.91. The lowest BCUT2D eigenvalue weighted by Crippen LogP contribution is -2.44. The van der Waals surface area contributed by atoms with Gasteiger partial charge in [0.15, 0.2) is 11.6 Å². The van der Waals surface area contributed by atoms with Gasteiger partial charge >= 0.3 is 0 Å². The fourth-order valence-corrected chi connectivity index (χ4v) is 5.10. The van der Waals surface area contributed by atoms with Crippen LogP contribution >= 0.6 is 0 Å². The van der Waals surface area contributed by atoms with Gasteiger partial charge in [-0.3, -0.25) is 9.59 Å². The van der Waals surface area contributed by atoms with Gasteiger partial charge in [-0.2, -0.15) is 0 Å². The van der Waals surface area contributed by atoms with Crippen molar-refractivity contribution in [2.24, 2.45) is 22.7 Å². The van der Waals surface area contributed by atoms with E-state index < -0.39 is 0 Å². The van der Waals surface area contributed by atoms with E-state index in [4.69, 9.17) is 0 Å². The standard InChI is InChI=1S/C20H28O2/c1-12(2)17-15(21)11-19(4)8-9-20(5)14(18(17)19)7-6-13(3)10-16(20)22/h10,12,14H,6-9,11H2,1-5H3. The van der Waals surface area contributed by atoms with E-state index in [1.165, 1.54) is 11.1 Å². The molecule has 3 atom stereocenters. The first-order valence-corrected chi connectivity index (χ1v) is 8.68. The normalized spacial score (nSPS) is 38.8. The Labute approximate surface area is 134 Å². The fourth-order valence-electron chi connectivity index (χ4n) is 5.10. The second-order valence-electron chi connectivity index (χ2n) is 8.51. The van der Waals surface area contributed by atoms with Crippen molar-refractivity contribution in [3.63, 3.8) is 0 Å². The zero-order chi connectivity index (χ0) is 16.3. The van der Waals surface area contributed by atoms with Crippen LogP contribution in [0.25, 0.3) is 0 Å². The average Bonchev–Trinajstić information content (AvgIpc) is 2.62. The highest BCUT2D eigenvalue weighted by molar-refractivity contribution is 6.02. The maximum absolute atomic E-state index is 12.8. The second-order valence-corrected chi connectivity index (χ2v) is 8.51. The van der Waals surface area contributed by atoms with Crippen LogP contribution in [0.5, 0.6) is 0 Å². The topological polar surface area (TPSA) is 34.1 Å². The number of hydrogen-bond acceptors (Lipinski definition) is 2. The van der Waals surface area contributed by atoms with Gasteiger partial charge in [0, 0.05) is 11.8 Å². The van der Waals surface area contributed by atoms with Crippen LogP contribution in [-0.2, 0) is 9.59 Å². The Morgan fingerprint density at radius 1 is 1.18 bits per heavy atom. The lowest BCUT2D eigenvalue weighted by atomic mass is 9.54. The molecular formula is C20H28O2. The number of allylic oxidation sites excluding steroid dienone is 4. The SMILES string of the molecule is CC1=CC(=O)C2(C)CCC3(C)CC(=O)C(C(C)C)=C3C2CC1. The largest absolute Gasteiger partial charge is 0.295 e. The van der Waals surface area contributed by atoms with Gasteiger partial charge in [-0.05, 0) is 61.5 Å². The van der Waals surface area contributed by atoms with Crippen LogP contribution < -0.4 is 0 Å². The first-order chi connectivity index (χ1) is 10.2. The molecule has 0 aromatic carbocycles. The highest BCUT2D eigenvalue weighted by Gasteiger charge is 2.56. The van der Waals surface area contributed by atoms with E-state index in [0.29, 0.717) is 12.2 Å². The van der Waals surface area contributed by atoms with Crippen molar-refractivity contribution in [1.29, 1.82) is 0 Å². The summed E-state index contributed by atoms with van der Waals surface area (Å²) in [5.74, 6) is 1.12. The van der Waals surface area contributed by atoms with E-state index in [0.717, 1.165) is 31.3 Å². The van der Waals surface area contributed by atoms with Gasteiger partial charge in [0.05, 0.1) is 0 Å². The van der Waals surface area contributed by atoms with Gasteiger partial charge < -0.3 is 0 Å². The van der Waals surface area contributed by atoms with E-state index >= 15 is 0 Å². The Bertz CT molecular complexity index is 607. The molecule has 0 radical (unpaired) electrons. The molecule has 0 aromatic heterocycles. The zero-order valence-corrected chi connectivity index (χ0v) is 14.6. The number of fused-ring (bicyclic) bond motifs is 3. The third-order valence-corrected chi connectivity index (χ3v) is 6.45. The predicted octanol–water partition coefficient (Wildman–Crippen LogP) is 4.64. The number of Topliss-reactive ketones (excluding diaryl/α,β-unsaturated/α-hetero) is 1. The monoisotopic (exact) mass is 300 g/mol. The van der Waals surface area contributed by atoms with Crippen LogP contribution in [-0.4, -0.2) is 11.6 Å². The first-order valence-electron chi connectivity index (χ1n) is 8.68. The van der Waals surface area contributed by atoms with E-state index in [9.17, 15) is 9.59 Å². The first kappa shape index (κ1) is 15.7. The van der Waals surface area contributed by atoms with Crippen LogP contribution in [0.2, 0.25) is 0 Å². The molecule has 0 spiro atoms. The van der Waals surface area contributed by atoms with Crippen molar-refractivity contribution in [2.75, 3.05) is 0 Å². The molecule has 2 nitrogen and oxygen atoms in total. The van der Waals surface area contributed by atoms with Crippen molar-refractivity contribution in [3.05, 3.63) is 22.8 Å². The molecule has 3 aliphatic rings. The highest BCUT2D eigenvalue weighted by atomic mass is 16.1. The van der Waals surface area contributed by atoms with Gasteiger partial charge in [-0.15, -0.1) is 0 Å². The molecule has 0 aliphatic heterocycles. The molecule has 120 valence electrons. The Kier molecular flexibility index (Phi) is 3.50. The Balaban J connectivity index is 2.17. The molecule has 1 saturated carbocycles. The van der Waals surface area contributed by atoms with Crippen molar-refractivity contribution >= 4 is 11.6 Å². The molecule has 3 aliphatic carbocycles. The van der Waals surface area contributed by atoms with Crippen molar-refractivity contribution < 1.29 is 9.59 Å². The smallest absolute Gasteiger partial charge is 0.162 e. The summed E-state index contributed by atoms with van der Waals surface area (Å²) < 4.78 is 0. The summed E-state index contributed by atoms with van der Waals surface area (Å²) >= 11 is 0. The summed E-state index contributed by atoms with van der Waals surface area (Å²) in [6.07, 6.45) is 6.40. The van der Waals surface area contributed by atoms with Gasteiger partial charge in [-0.25, -0.2) is 0 Å². The maximum atomic E-state index is 12.8. The molecule has 3 rings (SSSR count). The lowest BCUT2D eigenvalue weighted by Gasteiger charge is -2.48. The molecular weight excluding hydrogens is 272 g/mol. The fraction of sp³-hybridized carbons (Fsp3) is 0.700. The van der Waals surface area contributed by atoms with Crippen molar-refractivity contribution in [1.82, 2.24) is 0 Å². The van der Waals surface area contributed by atoms with Crippen LogP contribution in [0.1, 0.15) is 66.7 Å². The lowest BCUT2D eigenvalue weighted by molar-refractivity contribution is -0.127. The minimum atomic E-state index is -0.308. The summed E-state index contributed by atoms with van der Waals surface area (Å²) in [5.41, 5.74) is 3.28. The molecule has 22 heavy (non-hydrogen) atoms. The number of hydrogen-bond donors (Lipinski definition) is 0. The van der Waals surface area contributed by atoms with Gasteiger partial charge in [0.1, 0.15) is 0 Å². The summed E-state index contributed by atoms with van der Waals surface area (Å²) in [6, 6.07) is 0. The molecule has 3 unspecified atom stereocenters. The number of carbonyl (C=O) groups is 2. The molecule has 0 amide bonds. The summed E-state index contributed by atoms with van der Waals surface area (Å²) in [7, 11) is 0. The van der Waals surface area contributed by atoms with Crippen molar-refractivity contribution in [3.8, 4) is 0 Å². The quantitative estimate of drug-likeness (QED) is 0.706. The number of carbonyl (C=O) groups excluding carboxylic acids is 2. The van der Waals surface area contributed by atoms with E-state index in [1.807, 2.05) is 6.08 Å². The van der Waals surface area contributed by atoms with Crippen LogP contribution in [0.15, 0.2) is 22.8 Å². The number of rotatable bonds is 1. The summed E-state index contributed by atoms with van der Waals surface area (Å²) in [4.78, 5) is 25.5. The molecule has 0 heterocycles. The Morgan fingerprint density at radius 3 is 2.50 bits per heavy atom. The predicted molar refractivity (Wildman–Crippen MR) is 88.4 cm³/mol. The molecule has 0 saturated heterocycles. The average molecular weight is 300 g/mol. The van der Waals surface area contributed by atoms with Gasteiger partial charge in [0.25, 0.3) is 0 Å². The summed E-state index contributed by atoms with van der Waals surface area (Å²) in [6.45, 7) is 10.7. The molecule has 2 heteroatoms. The highest BCUT2D eigenvalue weighted by Crippen LogP contribution is 2.61. The molecule has 1 fully saturated rings. The summed E-state index contributed by atoms with van der Waals surface area (Å²) in [5, 5.41) is 0. The molecule has 0 aromatic rings. The van der Waals surface area contributed by atoms with Gasteiger partial charge in [0.2, 0.25) is 0 Å². The maximum Gasteiger partial charge on any atom is 0.162 e. The Hall–Kier alpha value is -1.18. The third-order valence-electron chi connectivity index (χ3n) is 6.45. The molecule has 0 bridgehead atoms. The van der Waals surface area contributed by atoms with Crippen LogP contribution in [0.4, 0.5) is 0 Å². The minimum absolute atomic E-state index is 0.000607. The zero-order valence-electron chi connectivity index (χ0n) is 14.6. The van der Waals surface area contributed by atoms with E-state index in [2.05, 4.69) is 34.6 Å². The third kappa shape index (κ3) is 2.06. The minimum Gasteiger partial charge on any atom is -0.295 e. The van der Waals surface area contributed by atoms with E-state index in [-0.39, 0.29) is 28.4 Å². The number of ketones is 2. The molecule has 0 N–H and O–H groups in total. The van der Waals surface area contributed by atoms with E-state index in [1.54, 1.807) is 0 Å². The van der Waals surface area contributed by atoms with Crippen molar-refractivity contribution in [2.45, 2.75) is 66.7 Å². The van der Waals surface area contributed by atoms with Crippen LogP contribution in [0.3, 0.4) is 0 Å². The van der Waals surface area contributed by atoms with Gasteiger partial charge in [-0.1, -0.05) is 38.8 Å². The van der Waals surface area contributed by atoms with Crippen LogP contribution in [0, 0.1) is 22.7 Å².